The van der Waals surface area contributed by atoms with Gasteiger partial charge in [0, 0.05) is 43.6 Å². The minimum atomic E-state index is 0. The van der Waals surface area contributed by atoms with Crippen LogP contribution in [0.2, 0.25) is 0 Å². The first-order valence-electron chi connectivity index (χ1n) is 13.9. The molecule has 0 fully saturated rings. The van der Waals surface area contributed by atoms with Crippen LogP contribution in [0.15, 0.2) is 140 Å². The van der Waals surface area contributed by atoms with Crippen LogP contribution in [0.4, 0.5) is 0 Å². The monoisotopic (exact) mass is 733 g/mol. The second kappa shape index (κ2) is 11.0. The zero-order valence-corrected chi connectivity index (χ0v) is 25.2. The molecule has 8 rings (SSSR count). The Kier molecular flexibility index (Phi) is 6.85. The maximum Gasteiger partial charge on any atom is 0.144 e. The summed E-state index contributed by atoms with van der Waals surface area (Å²) in [5.74, 6) is 0.195. The van der Waals surface area contributed by atoms with Gasteiger partial charge in [0.2, 0.25) is 0 Å². The van der Waals surface area contributed by atoms with Gasteiger partial charge >= 0.3 is 0 Å². The fraction of sp³-hybridized carbons (Fsp3) is 0. The summed E-state index contributed by atoms with van der Waals surface area (Å²) in [4.78, 5) is 9.79. The Hall–Kier alpha value is -5.05. The fourth-order valence-corrected chi connectivity index (χ4v) is 5.81. The van der Waals surface area contributed by atoms with Crippen LogP contribution in [-0.2, 0) is 21.1 Å². The Balaban J connectivity index is 0.00000300. The molecule has 0 aliphatic heterocycles. The van der Waals surface area contributed by atoms with Crippen molar-refractivity contribution in [3.05, 3.63) is 146 Å². The van der Waals surface area contributed by atoms with E-state index in [-0.39, 0.29) is 26.8 Å². The van der Waals surface area contributed by atoms with Gasteiger partial charge in [0.25, 0.3) is 0 Å². The van der Waals surface area contributed by atoms with Gasteiger partial charge in [-0.2, -0.15) is 0 Å². The van der Waals surface area contributed by atoms with E-state index in [4.69, 9.17) is 9.97 Å². The van der Waals surface area contributed by atoms with Gasteiger partial charge in [-0.05, 0) is 75.7 Å². The number of rotatable bonds is 4. The Morgan fingerprint density at radius 2 is 1.37 bits per heavy atom. The maximum atomic E-state index is 10.7. The van der Waals surface area contributed by atoms with Crippen molar-refractivity contribution in [3.63, 3.8) is 0 Å². The fourth-order valence-electron chi connectivity index (χ4n) is 5.81. The van der Waals surface area contributed by atoms with Crippen LogP contribution in [0.5, 0.6) is 5.75 Å². The van der Waals surface area contributed by atoms with Crippen LogP contribution < -0.4 is 0 Å². The Bertz CT molecular complexity index is 2240. The van der Waals surface area contributed by atoms with Crippen molar-refractivity contribution in [2.75, 3.05) is 0 Å². The zero-order chi connectivity index (χ0) is 28.0. The summed E-state index contributed by atoms with van der Waals surface area (Å²) in [6, 6.07) is 48.5. The van der Waals surface area contributed by atoms with E-state index in [1.807, 2.05) is 48.7 Å². The van der Waals surface area contributed by atoms with Gasteiger partial charge in [0.05, 0.1) is 11.2 Å². The number of phenols is 1. The van der Waals surface area contributed by atoms with Gasteiger partial charge in [-0.3, -0.25) is 4.98 Å². The average molecular weight is 734 g/mol. The molecular formula is C38H24N3OPt-. The molecule has 208 valence electrons. The van der Waals surface area contributed by atoms with Gasteiger partial charge in [-0.1, -0.05) is 72.8 Å². The molecule has 0 spiro atoms. The molecular weight excluding hydrogens is 710 g/mol. The SMILES string of the molecule is Oc1ccccc1-c1cc(-c2ccc3ccccc3c2)cc(-c2[c-]c(-n3c4ccccc4c4cccnc43)ccc2)n1.[Pt]. The Morgan fingerprint density at radius 1 is 0.605 bits per heavy atom. The van der Waals surface area contributed by atoms with E-state index >= 15 is 0 Å². The van der Waals surface area contributed by atoms with Crippen LogP contribution in [-0.4, -0.2) is 19.6 Å². The molecule has 0 unspecified atom stereocenters. The summed E-state index contributed by atoms with van der Waals surface area (Å²) in [5, 5.41) is 15.4. The molecule has 0 saturated heterocycles. The largest absolute Gasteiger partial charge is 0.507 e. The van der Waals surface area contributed by atoms with E-state index < -0.39 is 0 Å². The molecule has 0 aliphatic carbocycles. The summed E-state index contributed by atoms with van der Waals surface area (Å²) in [7, 11) is 0. The van der Waals surface area contributed by atoms with Crippen LogP contribution in [0.25, 0.3) is 72.0 Å². The smallest absolute Gasteiger partial charge is 0.144 e. The predicted octanol–water partition coefficient (Wildman–Crippen LogP) is 9.23. The van der Waals surface area contributed by atoms with E-state index in [0.717, 1.165) is 50.0 Å². The standard InChI is InChI=1S/C38H24N3O.Pt/c42-37-17-6-4-14-33(37)35-24-29(27-19-18-25-9-1-2-10-26(25)21-27)23-34(40-35)28-11-7-12-30(22-28)41-36-16-5-3-13-31(36)32-15-8-20-39-38(32)41;/h1-21,23-24,42H;/q-1;. The number of aromatic nitrogens is 3. The van der Waals surface area contributed by atoms with Gasteiger partial charge in [-0.15, -0.1) is 29.8 Å². The number of benzene rings is 5. The van der Waals surface area contributed by atoms with Crippen molar-refractivity contribution >= 4 is 32.7 Å². The van der Waals surface area contributed by atoms with Crippen LogP contribution in [0, 0.1) is 6.07 Å². The second-order valence-corrected chi connectivity index (χ2v) is 10.4. The number of pyridine rings is 2. The minimum Gasteiger partial charge on any atom is -0.507 e. The molecule has 0 bridgehead atoms. The summed E-state index contributed by atoms with van der Waals surface area (Å²) in [6.45, 7) is 0. The van der Waals surface area contributed by atoms with Crippen molar-refractivity contribution in [2.24, 2.45) is 0 Å². The molecule has 3 heterocycles. The minimum absolute atomic E-state index is 0. The third-order valence-corrected chi connectivity index (χ3v) is 7.82. The van der Waals surface area contributed by atoms with E-state index in [1.165, 1.54) is 10.8 Å². The third kappa shape index (κ3) is 4.70. The summed E-state index contributed by atoms with van der Waals surface area (Å²) in [6.07, 6.45) is 1.83. The molecule has 0 atom stereocenters. The average Bonchev–Trinajstić information content (AvgIpc) is 3.39. The molecule has 1 N–H and O–H groups in total. The van der Waals surface area contributed by atoms with Crippen molar-refractivity contribution in [3.8, 4) is 45.1 Å². The third-order valence-electron chi connectivity index (χ3n) is 7.82. The summed E-state index contributed by atoms with van der Waals surface area (Å²) >= 11 is 0. The van der Waals surface area contributed by atoms with E-state index in [0.29, 0.717) is 11.3 Å². The van der Waals surface area contributed by atoms with Crippen molar-refractivity contribution < 1.29 is 26.2 Å². The molecule has 0 amide bonds. The molecule has 3 aromatic heterocycles. The normalized spacial score (nSPS) is 11.2. The number of nitrogens with zero attached hydrogens (tertiary/aromatic N) is 3. The molecule has 43 heavy (non-hydrogen) atoms. The van der Waals surface area contributed by atoms with Gasteiger partial charge in [0.1, 0.15) is 11.4 Å². The molecule has 0 saturated carbocycles. The first-order chi connectivity index (χ1) is 20.7. The van der Waals surface area contributed by atoms with Gasteiger partial charge < -0.3 is 9.67 Å². The van der Waals surface area contributed by atoms with E-state index in [9.17, 15) is 5.11 Å². The predicted molar refractivity (Wildman–Crippen MR) is 171 cm³/mol. The van der Waals surface area contributed by atoms with Crippen LogP contribution in [0.3, 0.4) is 0 Å². The number of aromatic hydroxyl groups is 1. The maximum absolute atomic E-state index is 10.7. The molecule has 8 aromatic rings. The number of hydrogen-bond donors (Lipinski definition) is 1. The van der Waals surface area contributed by atoms with Crippen LogP contribution >= 0.6 is 0 Å². The first kappa shape index (κ1) is 26.8. The number of hydrogen-bond acceptors (Lipinski definition) is 3. The Labute approximate surface area is 263 Å². The first-order valence-corrected chi connectivity index (χ1v) is 13.9. The van der Waals surface area contributed by atoms with Crippen molar-refractivity contribution in [2.45, 2.75) is 0 Å². The second-order valence-electron chi connectivity index (χ2n) is 10.4. The molecule has 0 aliphatic rings. The molecule has 5 heteroatoms. The van der Waals surface area contributed by atoms with Gasteiger partial charge in [-0.25, -0.2) is 4.98 Å². The summed E-state index contributed by atoms with van der Waals surface area (Å²) in [5.41, 5.74) is 7.96. The molecule has 5 aromatic carbocycles. The molecule has 4 nitrogen and oxygen atoms in total. The number of fused-ring (bicyclic) bond motifs is 4. The van der Waals surface area contributed by atoms with Crippen molar-refractivity contribution in [1.29, 1.82) is 0 Å². The van der Waals surface area contributed by atoms with Crippen LogP contribution in [0.1, 0.15) is 0 Å². The quantitative estimate of drug-likeness (QED) is 0.184. The van der Waals surface area contributed by atoms with Crippen molar-refractivity contribution in [1.82, 2.24) is 14.5 Å². The number of para-hydroxylation sites is 2. The zero-order valence-electron chi connectivity index (χ0n) is 22.9. The topological polar surface area (TPSA) is 50.9 Å². The van der Waals surface area contributed by atoms with E-state index in [1.54, 1.807) is 6.07 Å². The Morgan fingerprint density at radius 3 is 2.28 bits per heavy atom. The summed E-state index contributed by atoms with van der Waals surface area (Å²) < 4.78 is 2.16. The van der Waals surface area contributed by atoms with Gasteiger partial charge in [0.15, 0.2) is 0 Å². The number of phenolic OH excluding ortho intramolecular Hbond substituents is 1. The van der Waals surface area contributed by atoms with E-state index in [2.05, 4.69) is 95.6 Å². The molecule has 0 radical (unpaired) electrons.